The Morgan fingerprint density at radius 1 is 1.48 bits per heavy atom. The third-order valence-electron chi connectivity index (χ3n) is 5.75. The minimum Gasteiger partial charge on any atom is -0.469 e. The van der Waals surface area contributed by atoms with E-state index in [1.807, 2.05) is 12.2 Å². The molecule has 2 rings (SSSR count). The molecule has 8 heteroatoms. The summed E-state index contributed by atoms with van der Waals surface area (Å²) in [6.07, 6.45) is 5.34. The molecule has 152 valence electrons. The SMILES string of the molecule is CC[C@H]1C(=O)N[C@](C(=O)SCCC(=O)OC)([C@@H](O)[C@@H]2C=CCCC2)[C@@]1(C)O. The van der Waals surface area contributed by atoms with Gasteiger partial charge in [0.05, 0.1) is 25.6 Å². The fourth-order valence-corrected chi connectivity index (χ4v) is 5.20. The Balaban J connectivity index is 2.35. The molecule has 0 radical (unpaired) electrons. The second kappa shape index (κ2) is 8.75. The van der Waals surface area contributed by atoms with E-state index in [1.165, 1.54) is 14.0 Å². The summed E-state index contributed by atoms with van der Waals surface area (Å²) < 4.78 is 4.58. The summed E-state index contributed by atoms with van der Waals surface area (Å²) in [5.74, 6) is -1.89. The normalized spacial score (nSPS) is 34.2. The van der Waals surface area contributed by atoms with Gasteiger partial charge in [-0.2, -0.15) is 0 Å². The Morgan fingerprint density at radius 2 is 2.19 bits per heavy atom. The summed E-state index contributed by atoms with van der Waals surface area (Å²) in [6, 6.07) is 0. The number of methoxy groups -OCH3 is 1. The number of carbonyl (C=O) groups excluding carboxylic acids is 3. The molecule has 0 bridgehead atoms. The minimum absolute atomic E-state index is 0.0235. The molecule has 27 heavy (non-hydrogen) atoms. The molecule has 1 heterocycles. The van der Waals surface area contributed by atoms with Crippen molar-refractivity contribution in [2.24, 2.45) is 11.8 Å². The number of esters is 1. The Kier molecular flexibility index (Phi) is 7.10. The minimum atomic E-state index is -1.82. The van der Waals surface area contributed by atoms with Gasteiger partial charge in [0.15, 0.2) is 5.54 Å². The maximum atomic E-state index is 13.2. The summed E-state index contributed by atoms with van der Waals surface area (Å²) in [7, 11) is 1.27. The molecule has 0 saturated carbocycles. The Bertz CT molecular complexity index is 619. The van der Waals surface area contributed by atoms with Crippen LogP contribution in [0.1, 0.15) is 46.0 Å². The van der Waals surface area contributed by atoms with Gasteiger partial charge < -0.3 is 20.3 Å². The van der Waals surface area contributed by atoms with E-state index in [2.05, 4.69) is 10.1 Å². The number of aliphatic hydroxyl groups is 2. The number of allylic oxidation sites excluding steroid dienone is 1. The second-order valence-electron chi connectivity index (χ2n) is 7.34. The average Bonchev–Trinajstić information content (AvgIpc) is 2.86. The number of nitrogens with one attached hydrogen (secondary N) is 1. The van der Waals surface area contributed by atoms with Gasteiger partial charge in [-0.15, -0.1) is 0 Å². The maximum absolute atomic E-state index is 13.2. The largest absolute Gasteiger partial charge is 0.469 e. The van der Waals surface area contributed by atoms with Crippen LogP contribution in [-0.4, -0.2) is 57.3 Å². The molecule has 0 aromatic heterocycles. The van der Waals surface area contributed by atoms with Crippen LogP contribution in [0.5, 0.6) is 0 Å². The zero-order valence-electron chi connectivity index (χ0n) is 16.1. The third kappa shape index (κ3) is 3.93. The molecule has 1 aliphatic heterocycles. The van der Waals surface area contributed by atoms with E-state index in [9.17, 15) is 24.6 Å². The zero-order chi connectivity index (χ0) is 20.2. The summed E-state index contributed by atoms with van der Waals surface area (Å²) >= 11 is 0.827. The highest BCUT2D eigenvalue weighted by atomic mass is 32.2. The van der Waals surface area contributed by atoms with Gasteiger partial charge in [0.2, 0.25) is 11.0 Å². The zero-order valence-corrected chi connectivity index (χ0v) is 16.9. The van der Waals surface area contributed by atoms with Crippen LogP contribution in [0.4, 0.5) is 0 Å². The van der Waals surface area contributed by atoms with E-state index < -0.39 is 40.2 Å². The number of aliphatic hydroxyl groups excluding tert-OH is 1. The Hall–Kier alpha value is -1.38. The van der Waals surface area contributed by atoms with Crippen molar-refractivity contribution in [2.45, 2.75) is 63.2 Å². The molecule has 0 spiro atoms. The monoisotopic (exact) mass is 399 g/mol. The first-order valence-corrected chi connectivity index (χ1v) is 10.3. The number of rotatable bonds is 7. The molecule has 1 amide bonds. The highest BCUT2D eigenvalue weighted by molar-refractivity contribution is 8.13. The van der Waals surface area contributed by atoms with Gasteiger partial charge in [0, 0.05) is 11.7 Å². The van der Waals surface area contributed by atoms with E-state index in [0.717, 1.165) is 24.6 Å². The van der Waals surface area contributed by atoms with Crippen LogP contribution in [0, 0.1) is 11.8 Å². The van der Waals surface area contributed by atoms with Crippen LogP contribution in [0.25, 0.3) is 0 Å². The molecule has 0 aromatic rings. The van der Waals surface area contributed by atoms with Crippen molar-refractivity contribution in [1.82, 2.24) is 5.32 Å². The second-order valence-corrected chi connectivity index (χ2v) is 8.40. The number of hydrogen-bond donors (Lipinski definition) is 3. The lowest BCUT2D eigenvalue weighted by molar-refractivity contribution is -0.142. The summed E-state index contributed by atoms with van der Waals surface area (Å²) in [6.45, 7) is 3.20. The van der Waals surface area contributed by atoms with Crippen molar-refractivity contribution in [3.8, 4) is 0 Å². The summed E-state index contributed by atoms with van der Waals surface area (Å²) in [5, 5.41) is 24.5. The van der Waals surface area contributed by atoms with Gasteiger partial charge >= 0.3 is 5.97 Å². The van der Waals surface area contributed by atoms with Crippen LogP contribution in [-0.2, 0) is 19.1 Å². The number of ether oxygens (including phenoxy) is 1. The van der Waals surface area contributed by atoms with Crippen molar-refractivity contribution in [1.29, 1.82) is 0 Å². The molecular formula is C19H29NO6S. The van der Waals surface area contributed by atoms with E-state index >= 15 is 0 Å². The average molecular weight is 400 g/mol. The van der Waals surface area contributed by atoms with E-state index in [4.69, 9.17) is 0 Å². The lowest BCUT2D eigenvalue weighted by atomic mass is 9.69. The molecule has 5 atom stereocenters. The third-order valence-corrected chi connectivity index (χ3v) is 6.74. The number of thioether (sulfide) groups is 1. The van der Waals surface area contributed by atoms with Crippen molar-refractivity contribution < 1.29 is 29.3 Å². The van der Waals surface area contributed by atoms with Crippen molar-refractivity contribution >= 4 is 28.8 Å². The van der Waals surface area contributed by atoms with E-state index in [-0.39, 0.29) is 18.1 Å². The molecule has 0 unspecified atom stereocenters. The Morgan fingerprint density at radius 3 is 2.70 bits per heavy atom. The number of hydrogen-bond acceptors (Lipinski definition) is 7. The summed E-state index contributed by atoms with van der Waals surface area (Å²) in [5.41, 5.74) is -3.57. The van der Waals surface area contributed by atoms with Crippen LogP contribution in [0.3, 0.4) is 0 Å². The summed E-state index contributed by atoms with van der Waals surface area (Å²) in [4.78, 5) is 37.0. The van der Waals surface area contributed by atoms with Crippen LogP contribution < -0.4 is 5.32 Å². The first-order valence-electron chi connectivity index (χ1n) is 9.35. The Labute approximate surface area is 163 Å². The molecule has 1 saturated heterocycles. The number of carbonyl (C=O) groups is 3. The smallest absolute Gasteiger partial charge is 0.306 e. The predicted octanol–water partition coefficient (Wildman–Crippen LogP) is 1.17. The van der Waals surface area contributed by atoms with Crippen molar-refractivity contribution in [2.75, 3.05) is 12.9 Å². The van der Waals surface area contributed by atoms with Crippen LogP contribution >= 0.6 is 11.8 Å². The van der Waals surface area contributed by atoms with Crippen LogP contribution in [0.2, 0.25) is 0 Å². The van der Waals surface area contributed by atoms with Gasteiger partial charge in [0.1, 0.15) is 5.60 Å². The molecule has 7 nitrogen and oxygen atoms in total. The van der Waals surface area contributed by atoms with Gasteiger partial charge in [-0.1, -0.05) is 30.8 Å². The van der Waals surface area contributed by atoms with E-state index in [1.54, 1.807) is 6.92 Å². The highest BCUT2D eigenvalue weighted by Crippen LogP contribution is 2.46. The molecule has 0 aromatic carbocycles. The van der Waals surface area contributed by atoms with Crippen molar-refractivity contribution in [3.63, 3.8) is 0 Å². The molecular weight excluding hydrogens is 370 g/mol. The van der Waals surface area contributed by atoms with E-state index in [0.29, 0.717) is 12.8 Å². The standard InChI is InChI=1S/C19H29NO6S/c1-4-13-16(23)20-19(18(13,2)25,15(22)12-8-6-5-7-9-12)17(24)27-11-10-14(21)26-3/h6,8,12-13,15,22,25H,4-5,7,9-11H2,1-3H3,(H,20,23)/t12-,13+,15+,18+,19+/m1/s1. The van der Waals surface area contributed by atoms with Gasteiger partial charge in [-0.3, -0.25) is 14.4 Å². The lowest BCUT2D eigenvalue weighted by Gasteiger charge is -2.45. The quantitative estimate of drug-likeness (QED) is 0.435. The molecule has 1 fully saturated rings. The molecule has 1 aliphatic carbocycles. The van der Waals surface area contributed by atoms with Gasteiger partial charge in [0.25, 0.3) is 0 Å². The number of amides is 1. The topological polar surface area (TPSA) is 113 Å². The lowest BCUT2D eigenvalue weighted by Crippen LogP contribution is -2.69. The van der Waals surface area contributed by atoms with Gasteiger partial charge in [-0.05, 0) is 32.6 Å². The maximum Gasteiger partial charge on any atom is 0.306 e. The first-order chi connectivity index (χ1) is 12.7. The predicted molar refractivity (Wildman–Crippen MR) is 102 cm³/mol. The first kappa shape index (κ1) is 21.9. The highest BCUT2D eigenvalue weighted by Gasteiger charge is 2.68. The molecule has 3 N–H and O–H groups in total. The fraction of sp³-hybridized carbons (Fsp3) is 0.737. The van der Waals surface area contributed by atoms with Crippen LogP contribution in [0.15, 0.2) is 12.2 Å². The molecule has 2 aliphatic rings. The fourth-order valence-electron chi connectivity index (χ4n) is 4.14. The van der Waals surface area contributed by atoms with Crippen molar-refractivity contribution in [3.05, 3.63) is 12.2 Å². The van der Waals surface area contributed by atoms with Gasteiger partial charge in [-0.25, -0.2) is 0 Å².